The molecule has 14 heavy (non-hydrogen) atoms. The molecule has 1 rings (SSSR count). The van der Waals surface area contributed by atoms with Gasteiger partial charge in [0, 0.05) is 0 Å². The molecule has 1 saturated carbocycles. The molecule has 0 radical (unpaired) electrons. The maximum atomic E-state index is 9.06. The molecule has 1 atom stereocenters. The smallest absolute Gasteiger partial charge is 0.0524 e. The molecule has 2 N–H and O–H groups in total. The first kappa shape index (κ1) is 12.0. The number of nitrogens with one attached hydrogen (secondary N) is 1. The highest BCUT2D eigenvalue weighted by Gasteiger charge is 2.12. The fourth-order valence-electron chi connectivity index (χ4n) is 2.22. The molecule has 0 amide bonds. The maximum Gasteiger partial charge on any atom is 0.0524 e. The fraction of sp³-hybridized carbons (Fsp3) is 1.00. The minimum absolute atomic E-state index is 0.155. The van der Waals surface area contributed by atoms with Gasteiger partial charge in [-0.05, 0) is 38.8 Å². The van der Waals surface area contributed by atoms with Crippen LogP contribution in [-0.4, -0.2) is 24.3 Å². The van der Waals surface area contributed by atoms with Gasteiger partial charge in [0.1, 0.15) is 0 Å². The van der Waals surface area contributed by atoms with Crippen molar-refractivity contribution in [2.45, 2.75) is 58.0 Å². The van der Waals surface area contributed by atoms with Crippen molar-refractivity contribution in [3.05, 3.63) is 0 Å². The van der Waals surface area contributed by atoms with Gasteiger partial charge in [-0.1, -0.05) is 32.1 Å². The Hall–Kier alpha value is -0.0800. The van der Waals surface area contributed by atoms with Crippen LogP contribution in [0.1, 0.15) is 51.9 Å². The second-order valence-corrected chi connectivity index (χ2v) is 4.68. The van der Waals surface area contributed by atoms with E-state index in [0.29, 0.717) is 0 Å². The number of aliphatic hydroxyl groups excluding tert-OH is 1. The van der Waals surface area contributed by atoms with E-state index in [2.05, 4.69) is 5.32 Å². The highest BCUT2D eigenvalue weighted by Crippen LogP contribution is 2.25. The zero-order chi connectivity index (χ0) is 10.2. The van der Waals surface area contributed by atoms with E-state index in [1.165, 1.54) is 38.5 Å². The van der Waals surface area contributed by atoms with E-state index in [1.807, 2.05) is 6.92 Å². The van der Waals surface area contributed by atoms with Crippen molar-refractivity contribution in [1.82, 2.24) is 5.32 Å². The van der Waals surface area contributed by atoms with E-state index >= 15 is 0 Å². The molecule has 1 aliphatic rings. The highest BCUT2D eigenvalue weighted by molar-refractivity contribution is 4.66. The molecule has 0 saturated heterocycles. The third-order valence-corrected chi connectivity index (χ3v) is 3.19. The van der Waals surface area contributed by atoms with Gasteiger partial charge in [-0.15, -0.1) is 0 Å². The molecule has 0 spiro atoms. The summed E-state index contributed by atoms with van der Waals surface area (Å²) >= 11 is 0. The number of hydrogen-bond donors (Lipinski definition) is 2. The molecule has 0 bridgehead atoms. The lowest BCUT2D eigenvalue weighted by molar-refractivity contribution is 0.183. The quantitative estimate of drug-likeness (QED) is 0.643. The van der Waals surface area contributed by atoms with E-state index in [9.17, 15) is 0 Å². The molecule has 1 unspecified atom stereocenters. The summed E-state index contributed by atoms with van der Waals surface area (Å²) in [5.74, 6) is 0.975. The monoisotopic (exact) mass is 199 g/mol. The standard InChI is InChI=1S/C12H25NO/c1-11(14)7-9-13-10-8-12-5-3-2-4-6-12/h11-14H,2-10H2,1H3. The van der Waals surface area contributed by atoms with Crippen molar-refractivity contribution >= 4 is 0 Å². The Balaban J connectivity index is 1.87. The Morgan fingerprint density at radius 1 is 1.21 bits per heavy atom. The van der Waals surface area contributed by atoms with E-state index in [-0.39, 0.29) is 6.10 Å². The lowest BCUT2D eigenvalue weighted by atomic mass is 9.87. The second kappa shape index (κ2) is 7.24. The zero-order valence-electron chi connectivity index (χ0n) is 9.47. The number of aliphatic hydroxyl groups is 1. The van der Waals surface area contributed by atoms with Gasteiger partial charge < -0.3 is 10.4 Å². The largest absolute Gasteiger partial charge is 0.393 e. The van der Waals surface area contributed by atoms with Crippen molar-refractivity contribution in [3.63, 3.8) is 0 Å². The molecule has 0 aromatic heterocycles. The van der Waals surface area contributed by atoms with Crippen LogP contribution in [0.15, 0.2) is 0 Å². The summed E-state index contributed by atoms with van der Waals surface area (Å²) in [5.41, 5.74) is 0. The molecule has 2 nitrogen and oxygen atoms in total. The molecule has 0 aromatic carbocycles. The van der Waals surface area contributed by atoms with Crippen LogP contribution >= 0.6 is 0 Å². The third kappa shape index (κ3) is 5.61. The summed E-state index contributed by atoms with van der Waals surface area (Å²) < 4.78 is 0. The van der Waals surface area contributed by atoms with E-state index in [0.717, 1.165) is 25.4 Å². The van der Waals surface area contributed by atoms with Gasteiger partial charge in [0.25, 0.3) is 0 Å². The minimum Gasteiger partial charge on any atom is -0.393 e. The van der Waals surface area contributed by atoms with Gasteiger partial charge >= 0.3 is 0 Å². The minimum atomic E-state index is -0.155. The molecule has 0 aromatic rings. The SMILES string of the molecule is CC(O)CCNCCC1CCCCC1. The van der Waals surface area contributed by atoms with Crippen molar-refractivity contribution in [3.8, 4) is 0 Å². The van der Waals surface area contributed by atoms with Gasteiger partial charge in [-0.2, -0.15) is 0 Å². The Bertz CT molecular complexity index is 130. The van der Waals surface area contributed by atoms with Crippen molar-refractivity contribution in [2.24, 2.45) is 5.92 Å². The normalized spacial score (nSPS) is 21.0. The third-order valence-electron chi connectivity index (χ3n) is 3.19. The molecular weight excluding hydrogens is 174 g/mol. The van der Waals surface area contributed by atoms with Crippen LogP contribution < -0.4 is 5.32 Å². The van der Waals surface area contributed by atoms with E-state index in [4.69, 9.17) is 5.11 Å². The van der Waals surface area contributed by atoms with Gasteiger partial charge in [0.15, 0.2) is 0 Å². The van der Waals surface area contributed by atoms with Crippen LogP contribution in [0.4, 0.5) is 0 Å². The topological polar surface area (TPSA) is 32.3 Å². The van der Waals surface area contributed by atoms with Crippen molar-refractivity contribution < 1.29 is 5.11 Å². The molecule has 0 aliphatic heterocycles. The van der Waals surface area contributed by atoms with Crippen molar-refractivity contribution in [2.75, 3.05) is 13.1 Å². The molecule has 0 heterocycles. The lowest BCUT2D eigenvalue weighted by Gasteiger charge is -2.21. The van der Waals surface area contributed by atoms with Gasteiger partial charge in [-0.3, -0.25) is 0 Å². The Kier molecular flexibility index (Phi) is 6.20. The summed E-state index contributed by atoms with van der Waals surface area (Å²) in [6, 6.07) is 0. The predicted molar refractivity (Wildman–Crippen MR) is 60.4 cm³/mol. The predicted octanol–water partition coefficient (Wildman–Crippen LogP) is 2.32. The lowest BCUT2D eigenvalue weighted by Crippen LogP contribution is -2.22. The van der Waals surface area contributed by atoms with Crippen LogP contribution in [0.3, 0.4) is 0 Å². The van der Waals surface area contributed by atoms with Crippen LogP contribution in [-0.2, 0) is 0 Å². The van der Waals surface area contributed by atoms with E-state index < -0.39 is 0 Å². The van der Waals surface area contributed by atoms with Crippen LogP contribution in [0.2, 0.25) is 0 Å². The first-order chi connectivity index (χ1) is 6.79. The Morgan fingerprint density at radius 3 is 2.57 bits per heavy atom. The summed E-state index contributed by atoms with van der Waals surface area (Å²) in [7, 11) is 0. The number of rotatable bonds is 6. The second-order valence-electron chi connectivity index (χ2n) is 4.68. The molecule has 84 valence electrons. The average Bonchev–Trinajstić information content (AvgIpc) is 2.18. The average molecular weight is 199 g/mol. The molecule has 1 aliphatic carbocycles. The fourth-order valence-corrected chi connectivity index (χ4v) is 2.22. The molecule has 1 fully saturated rings. The summed E-state index contributed by atoms with van der Waals surface area (Å²) in [6.07, 6.45) is 9.28. The van der Waals surface area contributed by atoms with Gasteiger partial charge in [-0.25, -0.2) is 0 Å². The maximum absolute atomic E-state index is 9.06. The van der Waals surface area contributed by atoms with E-state index in [1.54, 1.807) is 0 Å². The van der Waals surface area contributed by atoms with Gasteiger partial charge in [0.05, 0.1) is 6.10 Å². The van der Waals surface area contributed by atoms with Crippen LogP contribution in [0.5, 0.6) is 0 Å². The molecule has 2 heteroatoms. The molecular formula is C12H25NO. The first-order valence-electron chi connectivity index (χ1n) is 6.18. The number of hydrogen-bond acceptors (Lipinski definition) is 2. The summed E-state index contributed by atoms with van der Waals surface area (Å²) in [6.45, 7) is 3.95. The zero-order valence-corrected chi connectivity index (χ0v) is 9.47. The highest BCUT2D eigenvalue weighted by atomic mass is 16.3. The summed E-state index contributed by atoms with van der Waals surface area (Å²) in [5, 5.41) is 12.5. The summed E-state index contributed by atoms with van der Waals surface area (Å²) in [4.78, 5) is 0. The Morgan fingerprint density at radius 2 is 1.93 bits per heavy atom. The van der Waals surface area contributed by atoms with Crippen LogP contribution in [0.25, 0.3) is 0 Å². The first-order valence-corrected chi connectivity index (χ1v) is 6.18. The van der Waals surface area contributed by atoms with Crippen molar-refractivity contribution in [1.29, 1.82) is 0 Å². The van der Waals surface area contributed by atoms with Gasteiger partial charge in [0.2, 0.25) is 0 Å². The Labute approximate surface area is 88.1 Å². The van der Waals surface area contributed by atoms with Crippen LogP contribution in [0, 0.1) is 5.92 Å².